The zero-order valence-electron chi connectivity index (χ0n) is 17.5. The first-order chi connectivity index (χ1) is 12.4. The molecule has 0 amide bonds. The number of rotatable bonds is 2. The fourth-order valence-electron chi connectivity index (χ4n) is 6.71. The van der Waals surface area contributed by atoms with Crippen LogP contribution in [0.1, 0.15) is 86.0 Å². The third kappa shape index (κ3) is 5.22. The molecule has 2 bridgehead atoms. The topological polar surface area (TPSA) is 93.0 Å². The predicted octanol–water partition coefficient (Wildman–Crippen LogP) is 5.79. The fraction of sp³-hybridized carbons (Fsp3) is 1.00. The molecule has 6 atom stereocenters. The van der Waals surface area contributed by atoms with Crippen molar-refractivity contribution in [3.05, 3.63) is 4.91 Å². The van der Waals surface area contributed by atoms with Crippen LogP contribution in [0, 0.1) is 45.3 Å². The van der Waals surface area contributed by atoms with E-state index in [2.05, 4.69) is 38.9 Å². The van der Waals surface area contributed by atoms with E-state index >= 15 is 0 Å². The van der Waals surface area contributed by atoms with E-state index in [0.29, 0.717) is 10.8 Å². The Morgan fingerprint density at radius 1 is 0.963 bits per heavy atom. The second kappa shape index (κ2) is 8.36. The van der Waals surface area contributed by atoms with E-state index < -0.39 is 10.4 Å². The van der Waals surface area contributed by atoms with Crippen LogP contribution in [0.15, 0.2) is 5.34 Å². The summed E-state index contributed by atoms with van der Waals surface area (Å²) in [6.07, 6.45) is 12.0. The van der Waals surface area contributed by atoms with Crippen molar-refractivity contribution in [2.75, 3.05) is 0 Å². The highest BCUT2D eigenvalue weighted by molar-refractivity contribution is 7.80. The molecule has 0 aromatic heterocycles. The molecule has 3 rings (SSSR count). The summed E-state index contributed by atoms with van der Waals surface area (Å²) >= 11 is 0. The number of fused-ring (bicyclic) bond motifs is 3. The molecule has 0 heterocycles. The minimum Gasteiger partial charge on any atom is -0.253 e. The molecule has 3 aliphatic carbocycles. The Morgan fingerprint density at radius 2 is 1.59 bits per heavy atom. The van der Waals surface area contributed by atoms with Crippen LogP contribution >= 0.6 is 0 Å². The van der Waals surface area contributed by atoms with Gasteiger partial charge in [-0.2, -0.15) is 8.42 Å². The third-order valence-electron chi connectivity index (χ3n) is 8.34. The maximum absolute atomic E-state index is 9.27. The van der Waals surface area contributed by atoms with Crippen molar-refractivity contribution in [2.45, 2.75) is 86.0 Å². The van der Waals surface area contributed by atoms with Crippen molar-refractivity contribution < 1.29 is 17.3 Å². The van der Waals surface area contributed by atoms with Gasteiger partial charge in [-0.1, -0.05) is 53.9 Å². The van der Waals surface area contributed by atoms with Gasteiger partial charge in [-0.15, -0.1) is 4.91 Å². The molecule has 0 spiro atoms. The van der Waals surface area contributed by atoms with Gasteiger partial charge in [-0.3, -0.25) is 4.55 Å². The lowest BCUT2D eigenvalue weighted by Gasteiger charge is -2.57. The lowest BCUT2D eigenvalue weighted by molar-refractivity contribution is -0.0692. The first-order valence-corrected chi connectivity index (χ1v) is 11.8. The van der Waals surface area contributed by atoms with Gasteiger partial charge >= 0.3 is 10.4 Å². The largest absolute Gasteiger partial charge is 0.468 e. The average Bonchev–Trinajstić information content (AvgIpc) is 2.51. The first-order valence-electron chi connectivity index (χ1n) is 10.4. The van der Waals surface area contributed by atoms with Crippen LogP contribution in [0.3, 0.4) is 0 Å². The summed E-state index contributed by atoms with van der Waals surface area (Å²) in [6.45, 7) is 12.9. The van der Waals surface area contributed by atoms with Crippen LogP contribution in [0.2, 0.25) is 0 Å². The Kier molecular flexibility index (Phi) is 6.99. The van der Waals surface area contributed by atoms with E-state index in [0.717, 1.165) is 29.6 Å². The summed E-state index contributed by atoms with van der Waals surface area (Å²) in [5, 5.41) is 1.42. The Bertz CT molecular complexity index is 620. The molecule has 7 heteroatoms. The van der Waals surface area contributed by atoms with E-state index in [1.807, 2.05) is 0 Å². The minimum atomic E-state index is -4.65. The van der Waals surface area contributed by atoms with Crippen molar-refractivity contribution in [1.29, 1.82) is 0 Å². The Hall–Kier alpha value is -0.690. The molecule has 3 fully saturated rings. The standard InChI is InChI=1S/C20H36.HNO5S/c1-14-7-6-11-20(5)12-10-17-15(2)8-9-16(13-18(14)20)19(17,3)4;2-1-6-7(3,4)5/h14-18H,6-13H2,1-5H3;(H,3,4,5)/t14-,15-,16+,17+,18-,20+;/m1./s1. The van der Waals surface area contributed by atoms with Crippen LogP contribution in [-0.2, 0) is 14.7 Å². The van der Waals surface area contributed by atoms with Gasteiger partial charge in [0.2, 0.25) is 0 Å². The number of hydrogen-bond donors (Lipinski definition) is 1. The molecule has 0 aromatic carbocycles. The van der Waals surface area contributed by atoms with Crippen LogP contribution in [0.25, 0.3) is 0 Å². The molecule has 3 saturated carbocycles. The van der Waals surface area contributed by atoms with E-state index in [9.17, 15) is 8.42 Å². The van der Waals surface area contributed by atoms with Crippen LogP contribution < -0.4 is 0 Å². The predicted molar refractivity (Wildman–Crippen MR) is 106 cm³/mol. The fourth-order valence-corrected chi connectivity index (χ4v) is 6.79. The molecule has 3 aliphatic rings. The summed E-state index contributed by atoms with van der Waals surface area (Å²) in [6, 6.07) is 0. The highest BCUT2D eigenvalue weighted by Gasteiger charge is 2.50. The maximum atomic E-state index is 9.27. The lowest BCUT2D eigenvalue weighted by Crippen LogP contribution is -2.48. The smallest absolute Gasteiger partial charge is 0.253 e. The third-order valence-corrected chi connectivity index (χ3v) is 8.59. The zero-order valence-corrected chi connectivity index (χ0v) is 18.3. The Balaban J connectivity index is 0.000000321. The second-order valence-electron chi connectivity index (χ2n) is 10.2. The molecule has 158 valence electrons. The second-order valence-corrected chi connectivity index (χ2v) is 11.2. The van der Waals surface area contributed by atoms with Gasteiger partial charge in [-0.05, 0) is 72.5 Å². The Labute approximate surface area is 164 Å². The Morgan fingerprint density at radius 3 is 2.15 bits per heavy atom. The molecule has 0 aromatic rings. The minimum absolute atomic E-state index is 0.593. The van der Waals surface area contributed by atoms with E-state index in [1.165, 1.54) is 56.7 Å². The molecule has 0 aliphatic heterocycles. The molecule has 27 heavy (non-hydrogen) atoms. The molecule has 1 N–H and O–H groups in total. The summed E-state index contributed by atoms with van der Waals surface area (Å²) in [4.78, 5) is 8.81. The van der Waals surface area contributed by atoms with Crippen molar-refractivity contribution in [3.8, 4) is 0 Å². The van der Waals surface area contributed by atoms with Crippen molar-refractivity contribution in [3.63, 3.8) is 0 Å². The highest BCUT2D eigenvalue weighted by Crippen LogP contribution is 2.60. The monoisotopic (exact) mass is 403 g/mol. The average molecular weight is 404 g/mol. The highest BCUT2D eigenvalue weighted by atomic mass is 32.3. The SMILES string of the molecule is C[C@@H]1CCC[C@@]2(C)CC[C@H]3[C@H](C)CC[C@@H](C[C@H]12)C3(C)C.O=NOS(=O)(=O)O. The summed E-state index contributed by atoms with van der Waals surface area (Å²) < 4.78 is 28.8. The molecular weight excluding hydrogens is 366 g/mol. The molecule has 0 saturated heterocycles. The zero-order chi connectivity index (χ0) is 20.5. The van der Waals surface area contributed by atoms with Crippen molar-refractivity contribution in [2.24, 2.45) is 45.8 Å². The summed E-state index contributed by atoms with van der Waals surface area (Å²) in [5.74, 6) is 4.92. The lowest BCUT2D eigenvalue weighted by atomic mass is 9.48. The van der Waals surface area contributed by atoms with Crippen LogP contribution in [0.5, 0.6) is 0 Å². The van der Waals surface area contributed by atoms with Crippen LogP contribution in [0.4, 0.5) is 0 Å². The normalized spacial score (nSPS) is 41.0. The van der Waals surface area contributed by atoms with Crippen LogP contribution in [-0.4, -0.2) is 13.0 Å². The van der Waals surface area contributed by atoms with E-state index in [4.69, 9.17) is 9.46 Å². The first kappa shape index (κ1) is 22.6. The van der Waals surface area contributed by atoms with E-state index in [-0.39, 0.29) is 0 Å². The van der Waals surface area contributed by atoms with Gasteiger partial charge in [0.05, 0.1) is 0 Å². The molecule has 0 unspecified atom stereocenters. The van der Waals surface area contributed by atoms with Gasteiger partial charge < -0.3 is 0 Å². The number of nitrogens with zero attached hydrogens (tertiary/aromatic N) is 1. The quantitative estimate of drug-likeness (QED) is 0.358. The van der Waals surface area contributed by atoms with Gasteiger partial charge in [0, 0.05) is 0 Å². The molecule has 6 nitrogen and oxygen atoms in total. The molecular formula is C20H37NO5S. The maximum Gasteiger partial charge on any atom is 0.468 e. The molecule has 0 radical (unpaired) electrons. The summed E-state index contributed by atoms with van der Waals surface area (Å²) in [5.41, 5.74) is 1.26. The summed E-state index contributed by atoms with van der Waals surface area (Å²) in [7, 11) is -4.65. The van der Waals surface area contributed by atoms with Crippen molar-refractivity contribution in [1.82, 2.24) is 0 Å². The van der Waals surface area contributed by atoms with Crippen molar-refractivity contribution >= 4 is 10.4 Å². The van der Waals surface area contributed by atoms with E-state index in [1.54, 1.807) is 0 Å². The van der Waals surface area contributed by atoms with Gasteiger partial charge in [0.1, 0.15) is 0 Å². The number of hydrogen-bond acceptors (Lipinski definition) is 5. The van der Waals surface area contributed by atoms with Gasteiger partial charge in [0.25, 0.3) is 0 Å². The van der Waals surface area contributed by atoms with Gasteiger partial charge in [-0.25, -0.2) is 4.28 Å². The van der Waals surface area contributed by atoms with Gasteiger partial charge in [0.15, 0.2) is 5.34 Å².